The number of hydrogen-bond acceptors (Lipinski definition) is 9. The smallest absolute Gasteiger partial charge is 0.342 e. The predicted octanol–water partition coefficient (Wildman–Crippen LogP) is 4.40. The molecule has 27 heavy (non-hydrogen) atoms. The van der Waals surface area contributed by atoms with E-state index in [9.17, 15) is 4.79 Å². The molecule has 150 valence electrons. The number of thioether (sulfide) groups is 2. The van der Waals surface area contributed by atoms with Gasteiger partial charge >= 0.3 is 5.97 Å². The predicted molar refractivity (Wildman–Crippen MR) is 111 cm³/mol. The quantitative estimate of drug-likeness (QED) is 0.306. The van der Waals surface area contributed by atoms with Crippen LogP contribution in [0.4, 0.5) is 0 Å². The molecule has 0 bridgehead atoms. The van der Waals surface area contributed by atoms with Crippen LogP contribution in [0.1, 0.15) is 36.7 Å². The molecule has 0 radical (unpaired) electrons. The first-order valence-electron chi connectivity index (χ1n) is 7.86. The van der Waals surface area contributed by atoms with Crippen molar-refractivity contribution in [3.8, 4) is 0 Å². The number of carbonyl (C=O) groups excluding carboxylic acids is 1. The lowest BCUT2D eigenvalue weighted by molar-refractivity contribution is 0.0525. The second-order valence-corrected chi connectivity index (χ2v) is 6.38. The molecular weight excluding hydrogens is 431 g/mol. The first-order chi connectivity index (χ1) is 13.0. The number of hydrogen-bond donors (Lipinski definition) is 1. The molecule has 0 saturated heterocycles. The molecule has 0 aliphatic heterocycles. The number of carbonyl (C=O) groups is 1. The minimum Gasteiger partial charge on any atom is -0.462 e. The Morgan fingerprint density at radius 3 is 2.00 bits per heavy atom. The number of ether oxygens (including phenoxy) is 1. The fraction of sp³-hybridized carbons (Fsp3) is 0.438. The summed E-state index contributed by atoms with van der Waals surface area (Å²) in [7, 11) is 0. The highest BCUT2D eigenvalue weighted by Gasteiger charge is 2.13. The van der Waals surface area contributed by atoms with Crippen LogP contribution in [0.5, 0.6) is 0 Å². The van der Waals surface area contributed by atoms with Crippen molar-refractivity contribution < 1.29 is 14.6 Å². The van der Waals surface area contributed by atoms with Crippen LogP contribution in [0.15, 0.2) is 22.7 Å². The molecule has 1 N–H and O–H groups in total. The lowest BCUT2D eigenvalue weighted by Gasteiger charge is -2.03. The van der Waals surface area contributed by atoms with Crippen LogP contribution < -0.4 is 0 Å². The number of halogens is 2. The van der Waals surface area contributed by atoms with E-state index in [0.29, 0.717) is 27.6 Å². The number of aliphatic hydroxyl groups excluding tert-OH is 1. The Morgan fingerprint density at radius 2 is 1.59 bits per heavy atom. The van der Waals surface area contributed by atoms with Crippen molar-refractivity contribution in [3.63, 3.8) is 0 Å². The van der Waals surface area contributed by atoms with Crippen molar-refractivity contribution in [3.05, 3.63) is 33.8 Å². The van der Waals surface area contributed by atoms with Gasteiger partial charge in [0.25, 0.3) is 0 Å². The first kappa shape index (κ1) is 25.9. The molecule has 0 aliphatic carbocycles. The van der Waals surface area contributed by atoms with E-state index in [1.54, 1.807) is 6.92 Å². The van der Waals surface area contributed by atoms with E-state index in [1.165, 1.54) is 35.9 Å². The van der Waals surface area contributed by atoms with Crippen molar-refractivity contribution in [2.24, 2.45) is 0 Å². The molecule has 0 fully saturated rings. The molecule has 0 unspecified atom stereocenters. The summed E-state index contributed by atoms with van der Waals surface area (Å²) < 4.78 is 4.77. The third kappa shape index (κ3) is 9.07. The number of aliphatic hydroxyl groups is 1. The zero-order valence-corrected chi connectivity index (χ0v) is 18.8. The first-order valence-corrected chi connectivity index (χ1v) is 11.1. The third-order valence-corrected chi connectivity index (χ3v) is 4.28. The van der Waals surface area contributed by atoms with Gasteiger partial charge in [0.05, 0.1) is 13.2 Å². The lowest BCUT2D eigenvalue weighted by atomic mass is 10.3. The van der Waals surface area contributed by atoms with E-state index in [0.717, 1.165) is 0 Å². The SMILES string of the molecule is CC.CCOC(=O)c1cnc(SC)nc1Cl.CSc1ncc(CO)c(Cl)n1. The number of aromatic nitrogens is 4. The average Bonchev–Trinajstić information content (AvgIpc) is 2.69. The molecule has 0 spiro atoms. The molecule has 2 heterocycles. The van der Waals surface area contributed by atoms with Gasteiger partial charge in [-0.3, -0.25) is 0 Å². The van der Waals surface area contributed by atoms with E-state index in [-0.39, 0.29) is 17.3 Å². The van der Waals surface area contributed by atoms with Crippen LogP contribution in [-0.4, -0.2) is 50.1 Å². The van der Waals surface area contributed by atoms with Crippen molar-refractivity contribution >= 4 is 52.7 Å². The highest BCUT2D eigenvalue weighted by Crippen LogP contribution is 2.17. The molecular formula is C16H22Cl2N4O3S2. The zero-order chi connectivity index (χ0) is 20.8. The molecule has 7 nitrogen and oxygen atoms in total. The molecule has 0 aromatic carbocycles. The lowest BCUT2D eigenvalue weighted by Crippen LogP contribution is -2.07. The van der Waals surface area contributed by atoms with Gasteiger partial charge in [-0.25, -0.2) is 24.7 Å². The van der Waals surface area contributed by atoms with Crippen LogP contribution in [0.3, 0.4) is 0 Å². The second-order valence-electron chi connectivity index (χ2n) is 4.11. The maximum Gasteiger partial charge on any atom is 0.342 e. The number of esters is 1. The van der Waals surface area contributed by atoms with Crippen LogP contribution in [-0.2, 0) is 11.3 Å². The standard InChI is InChI=1S/C8H9ClN2O2S.C6H7ClN2OS.C2H6/c1-3-13-7(12)5-4-10-8(14-2)11-6(5)9;1-11-6-8-2-4(3-10)5(7)9-6;1-2/h4H,3H2,1-2H3;2,10H,3H2,1H3;1-2H3. The van der Waals surface area contributed by atoms with Gasteiger partial charge in [0.2, 0.25) is 0 Å². The summed E-state index contributed by atoms with van der Waals surface area (Å²) in [5, 5.41) is 10.3. The summed E-state index contributed by atoms with van der Waals surface area (Å²) in [5.74, 6) is -0.495. The van der Waals surface area contributed by atoms with Gasteiger partial charge in [0.15, 0.2) is 10.3 Å². The third-order valence-electron chi connectivity index (χ3n) is 2.54. The molecule has 0 aliphatic rings. The topological polar surface area (TPSA) is 98.1 Å². The Labute approximate surface area is 177 Å². The summed E-state index contributed by atoms with van der Waals surface area (Å²) in [5.41, 5.74) is 0.760. The Bertz CT molecular complexity index is 724. The van der Waals surface area contributed by atoms with Crippen LogP contribution in [0, 0.1) is 0 Å². The number of rotatable bonds is 5. The summed E-state index contributed by atoms with van der Waals surface area (Å²) in [6.45, 7) is 5.91. The highest BCUT2D eigenvalue weighted by atomic mass is 35.5. The summed E-state index contributed by atoms with van der Waals surface area (Å²) in [6.07, 6.45) is 6.60. The van der Waals surface area contributed by atoms with Gasteiger partial charge < -0.3 is 9.84 Å². The molecule has 0 atom stereocenters. The second kappa shape index (κ2) is 14.9. The van der Waals surface area contributed by atoms with Crippen molar-refractivity contribution in [1.82, 2.24) is 19.9 Å². The van der Waals surface area contributed by atoms with Gasteiger partial charge in [-0.2, -0.15) is 0 Å². The molecule has 2 aromatic rings. The van der Waals surface area contributed by atoms with Crippen LogP contribution in [0.2, 0.25) is 10.3 Å². The van der Waals surface area contributed by atoms with Crippen LogP contribution >= 0.6 is 46.7 Å². The van der Waals surface area contributed by atoms with Gasteiger partial charge in [0.1, 0.15) is 15.9 Å². The number of nitrogens with zero attached hydrogens (tertiary/aromatic N) is 4. The Hall–Kier alpha value is -1.13. The van der Waals surface area contributed by atoms with E-state index in [1.807, 2.05) is 26.4 Å². The molecule has 0 saturated carbocycles. The minimum atomic E-state index is -0.495. The van der Waals surface area contributed by atoms with E-state index in [4.69, 9.17) is 33.0 Å². The normalized spacial score (nSPS) is 9.48. The van der Waals surface area contributed by atoms with Gasteiger partial charge in [-0.05, 0) is 19.4 Å². The van der Waals surface area contributed by atoms with Gasteiger partial charge in [0, 0.05) is 18.0 Å². The summed E-state index contributed by atoms with van der Waals surface area (Å²) in [4.78, 5) is 27.0. The van der Waals surface area contributed by atoms with Crippen molar-refractivity contribution in [2.45, 2.75) is 37.7 Å². The Balaban J connectivity index is 0.000000469. The largest absolute Gasteiger partial charge is 0.462 e. The molecule has 0 amide bonds. The summed E-state index contributed by atoms with van der Waals surface area (Å²) in [6, 6.07) is 0. The van der Waals surface area contributed by atoms with Gasteiger partial charge in [-0.15, -0.1) is 0 Å². The molecule has 2 rings (SSSR count). The van der Waals surface area contributed by atoms with Crippen molar-refractivity contribution in [2.75, 3.05) is 19.1 Å². The van der Waals surface area contributed by atoms with Gasteiger partial charge in [-0.1, -0.05) is 60.6 Å². The monoisotopic (exact) mass is 452 g/mol. The van der Waals surface area contributed by atoms with E-state index in [2.05, 4.69) is 19.9 Å². The average molecular weight is 453 g/mol. The maximum atomic E-state index is 11.3. The Morgan fingerprint density at radius 1 is 1.07 bits per heavy atom. The zero-order valence-electron chi connectivity index (χ0n) is 15.7. The summed E-state index contributed by atoms with van der Waals surface area (Å²) >= 11 is 14.2. The van der Waals surface area contributed by atoms with E-state index < -0.39 is 5.97 Å². The Kier molecular flexibility index (Phi) is 14.2. The maximum absolute atomic E-state index is 11.3. The fourth-order valence-corrected chi connectivity index (χ4v) is 2.54. The van der Waals surface area contributed by atoms with Crippen LogP contribution in [0.25, 0.3) is 0 Å². The molecule has 2 aromatic heterocycles. The molecule has 11 heteroatoms. The van der Waals surface area contributed by atoms with E-state index >= 15 is 0 Å². The minimum absolute atomic E-state index is 0.118. The highest BCUT2D eigenvalue weighted by molar-refractivity contribution is 7.98. The fourth-order valence-electron chi connectivity index (χ4n) is 1.37. The van der Waals surface area contributed by atoms with Crippen molar-refractivity contribution in [1.29, 1.82) is 0 Å².